The van der Waals surface area contributed by atoms with E-state index in [1.54, 1.807) is 6.92 Å². The van der Waals surface area contributed by atoms with Gasteiger partial charge in [0.2, 0.25) is 0 Å². The molecule has 1 rings (SSSR count). The quantitative estimate of drug-likeness (QED) is 0.787. The van der Waals surface area contributed by atoms with Gasteiger partial charge < -0.3 is 10.4 Å². The van der Waals surface area contributed by atoms with Crippen molar-refractivity contribution in [3.63, 3.8) is 0 Å². The van der Waals surface area contributed by atoms with Crippen LogP contribution in [0.15, 0.2) is 18.2 Å². The second-order valence-electron chi connectivity index (χ2n) is 3.88. The van der Waals surface area contributed by atoms with Crippen molar-refractivity contribution in [3.8, 4) is 0 Å². The number of nitrogens with one attached hydrogen (secondary N) is 1. The van der Waals surface area contributed by atoms with E-state index in [9.17, 15) is 4.79 Å². The van der Waals surface area contributed by atoms with Crippen LogP contribution in [0.25, 0.3) is 0 Å². The van der Waals surface area contributed by atoms with Gasteiger partial charge in [0.1, 0.15) is 0 Å². The summed E-state index contributed by atoms with van der Waals surface area (Å²) in [6, 6.07) is 5.54. The lowest BCUT2D eigenvalue weighted by Gasteiger charge is -2.12. The van der Waals surface area contributed by atoms with Crippen molar-refractivity contribution in [3.05, 3.63) is 34.9 Å². The van der Waals surface area contributed by atoms with Crippen molar-refractivity contribution in [1.29, 1.82) is 0 Å². The summed E-state index contributed by atoms with van der Waals surface area (Å²) >= 11 is 0. The molecule has 0 fully saturated rings. The molecule has 0 saturated heterocycles. The van der Waals surface area contributed by atoms with E-state index in [1.807, 2.05) is 32.0 Å². The lowest BCUT2D eigenvalue weighted by molar-refractivity contribution is 0.0921. The lowest BCUT2D eigenvalue weighted by atomic mass is 10.0. The predicted molar refractivity (Wildman–Crippen MR) is 59.9 cm³/mol. The maximum absolute atomic E-state index is 11.8. The SMILES string of the molecule is Cc1ccc(C)c(C(=O)N[C@H](C)CO)c1. The zero-order valence-corrected chi connectivity index (χ0v) is 9.37. The lowest BCUT2D eigenvalue weighted by Crippen LogP contribution is -2.35. The standard InChI is InChI=1S/C12H17NO2/c1-8-4-5-9(2)11(6-8)12(15)13-10(3)7-14/h4-6,10,14H,7H2,1-3H3,(H,13,15)/t10-/m1/s1. The number of amides is 1. The molecule has 3 nitrogen and oxygen atoms in total. The monoisotopic (exact) mass is 207 g/mol. The van der Waals surface area contributed by atoms with Crippen molar-refractivity contribution in [1.82, 2.24) is 5.32 Å². The minimum absolute atomic E-state index is 0.0450. The number of carbonyl (C=O) groups excluding carboxylic acids is 1. The van der Waals surface area contributed by atoms with E-state index in [2.05, 4.69) is 5.32 Å². The predicted octanol–water partition coefficient (Wildman–Crippen LogP) is 1.41. The maximum atomic E-state index is 11.8. The summed E-state index contributed by atoms with van der Waals surface area (Å²) in [4.78, 5) is 11.8. The topological polar surface area (TPSA) is 49.3 Å². The first-order valence-corrected chi connectivity index (χ1v) is 5.03. The van der Waals surface area contributed by atoms with Gasteiger partial charge in [0.15, 0.2) is 0 Å². The summed E-state index contributed by atoms with van der Waals surface area (Å²) in [6.45, 7) is 5.57. The zero-order valence-electron chi connectivity index (χ0n) is 9.37. The fraction of sp³-hybridized carbons (Fsp3) is 0.417. The number of aliphatic hydroxyl groups is 1. The summed E-state index contributed by atoms with van der Waals surface area (Å²) in [5, 5.41) is 11.6. The number of hydrogen-bond donors (Lipinski definition) is 2. The summed E-state index contributed by atoms with van der Waals surface area (Å²) in [5.74, 6) is -0.127. The van der Waals surface area contributed by atoms with Gasteiger partial charge in [-0.1, -0.05) is 17.7 Å². The second kappa shape index (κ2) is 4.94. The molecule has 0 radical (unpaired) electrons. The minimum atomic E-state index is -0.211. The van der Waals surface area contributed by atoms with Crippen LogP contribution >= 0.6 is 0 Å². The van der Waals surface area contributed by atoms with E-state index in [0.717, 1.165) is 11.1 Å². The van der Waals surface area contributed by atoms with Crippen molar-refractivity contribution in [2.45, 2.75) is 26.8 Å². The average molecular weight is 207 g/mol. The van der Waals surface area contributed by atoms with Gasteiger partial charge in [-0.3, -0.25) is 4.79 Å². The van der Waals surface area contributed by atoms with Crippen molar-refractivity contribution < 1.29 is 9.90 Å². The van der Waals surface area contributed by atoms with Gasteiger partial charge in [0.05, 0.1) is 6.61 Å². The molecule has 0 unspecified atom stereocenters. The summed E-state index contributed by atoms with van der Waals surface area (Å²) in [7, 11) is 0. The Kier molecular flexibility index (Phi) is 3.86. The van der Waals surface area contributed by atoms with Crippen molar-refractivity contribution >= 4 is 5.91 Å². The van der Waals surface area contributed by atoms with E-state index in [4.69, 9.17) is 5.11 Å². The molecule has 15 heavy (non-hydrogen) atoms. The molecule has 82 valence electrons. The molecule has 2 N–H and O–H groups in total. The Morgan fingerprint density at radius 2 is 2.13 bits per heavy atom. The molecule has 3 heteroatoms. The first-order chi connectivity index (χ1) is 7.04. The van der Waals surface area contributed by atoms with Crippen molar-refractivity contribution in [2.24, 2.45) is 0 Å². The molecular formula is C12H17NO2. The number of hydrogen-bond acceptors (Lipinski definition) is 2. The number of aliphatic hydroxyl groups excluding tert-OH is 1. The molecule has 0 aliphatic rings. The molecule has 0 saturated carbocycles. The molecule has 1 atom stereocenters. The maximum Gasteiger partial charge on any atom is 0.251 e. The summed E-state index contributed by atoms with van der Waals surface area (Å²) in [6.07, 6.45) is 0. The Morgan fingerprint density at radius 3 is 2.73 bits per heavy atom. The van der Waals surface area contributed by atoms with E-state index in [-0.39, 0.29) is 18.6 Å². The van der Waals surface area contributed by atoms with Gasteiger partial charge in [-0.25, -0.2) is 0 Å². The normalized spacial score (nSPS) is 12.3. The third-order valence-corrected chi connectivity index (χ3v) is 2.29. The highest BCUT2D eigenvalue weighted by atomic mass is 16.3. The number of benzene rings is 1. The van der Waals surface area contributed by atoms with Gasteiger partial charge >= 0.3 is 0 Å². The fourth-order valence-corrected chi connectivity index (χ4v) is 1.33. The number of carbonyl (C=O) groups is 1. The van der Waals surface area contributed by atoms with E-state index in [1.165, 1.54) is 0 Å². The molecule has 0 aliphatic heterocycles. The largest absolute Gasteiger partial charge is 0.394 e. The van der Waals surface area contributed by atoms with Gasteiger partial charge in [-0.05, 0) is 32.4 Å². The van der Waals surface area contributed by atoms with Crippen LogP contribution in [0.3, 0.4) is 0 Å². The summed E-state index contributed by atoms with van der Waals surface area (Å²) < 4.78 is 0. The van der Waals surface area contributed by atoms with Crippen LogP contribution in [0.4, 0.5) is 0 Å². The van der Waals surface area contributed by atoms with E-state index >= 15 is 0 Å². The Balaban J connectivity index is 2.86. The van der Waals surface area contributed by atoms with Crippen LogP contribution in [0.5, 0.6) is 0 Å². The van der Waals surface area contributed by atoms with Crippen LogP contribution in [-0.4, -0.2) is 23.7 Å². The fourth-order valence-electron chi connectivity index (χ4n) is 1.33. The Labute approximate surface area is 90.1 Å². The number of aryl methyl sites for hydroxylation is 2. The zero-order chi connectivity index (χ0) is 11.4. The van der Waals surface area contributed by atoms with Crippen LogP contribution in [0.2, 0.25) is 0 Å². The molecule has 1 aromatic carbocycles. The second-order valence-corrected chi connectivity index (χ2v) is 3.88. The molecule has 0 aromatic heterocycles. The van der Waals surface area contributed by atoms with Gasteiger partial charge in [-0.15, -0.1) is 0 Å². The third kappa shape index (κ3) is 3.06. The van der Waals surface area contributed by atoms with Crippen molar-refractivity contribution in [2.75, 3.05) is 6.61 Å². The van der Waals surface area contributed by atoms with Gasteiger partial charge in [0.25, 0.3) is 5.91 Å². The highest BCUT2D eigenvalue weighted by molar-refractivity contribution is 5.95. The van der Waals surface area contributed by atoms with Gasteiger partial charge in [-0.2, -0.15) is 0 Å². The highest BCUT2D eigenvalue weighted by Crippen LogP contribution is 2.10. The molecule has 0 spiro atoms. The minimum Gasteiger partial charge on any atom is -0.394 e. The average Bonchev–Trinajstić information content (AvgIpc) is 2.21. The van der Waals surface area contributed by atoms with Gasteiger partial charge in [0, 0.05) is 11.6 Å². The molecule has 0 aliphatic carbocycles. The third-order valence-electron chi connectivity index (χ3n) is 2.29. The highest BCUT2D eigenvalue weighted by Gasteiger charge is 2.11. The molecule has 1 aromatic rings. The number of rotatable bonds is 3. The Bertz CT molecular complexity index is 361. The molecule has 0 heterocycles. The first-order valence-electron chi connectivity index (χ1n) is 5.03. The van der Waals surface area contributed by atoms with Crippen LogP contribution < -0.4 is 5.32 Å². The van der Waals surface area contributed by atoms with Crippen LogP contribution in [0.1, 0.15) is 28.4 Å². The molecule has 0 bridgehead atoms. The van der Waals surface area contributed by atoms with E-state index in [0.29, 0.717) is 5.56 Å². The Hall–Kier alpha value is -1.35. The van der Waals surface area contributed by atoms with Crippen LogP contribution in [0, 0.1) is 13.8 Å². The summed E-state index contributed by atoms with van der Waals surface area (Å²) in [5.41, 5.74) is 2.68. The molecular weight excluding hydrogens is 190 g/mol. The van der Waals surface area contributed by atoms with Crippen LogP contribution in [-0.2, 0) is 0 Å². The smallest absolute Gasteiger partial charge is 0.251 e. The molecule has 1 amide bonds. The Morgan fingerprint density at radius 1 is 1.47 bits per heavy atom. The van der Waals surface area contributed by atoms with E-state index < -0.39 is 0 Å². The first kappa shape index (κ1) is 11.7.